The van der Waals surface area contributed by atoms with Crippen LogP contribution < -0.4 is 10.2 Å². The molecule has 30 heavy (non-hydrogen) atoms. The zero-order chi connectivity index (χ0) is 21.7. The van der Waals surface area contributed by atoms with Crippen molar-refractivity contribution < 1.29 is 9.66 Å². The molecule has 0 fully saturated rings. The van der Waals surface area contributed by atoms with Crippen LogP contribution in [0.25, 0.3) is 0 Å². The number of hydrogen-bond acceptors (Lipinski definition) is 6. The first-order valence-corrected chi connectivity index (χ1v) is 10.6. The zero-order valence-corrected chi connectivity index (χ0v) is 19.7. The van der Waals surface area contributed by atoms with Gasteiger partial charge in [-0.3, -0.25) is 15.5 Å². The van der Waals surface area contributed by atoms with Crippen LogP contribution in [0, 0.1) is 10.1 Å². The summed E-state index contributed by atoms with van der Waals surface area (Å²) < 4.78 is 7.34. The molecule has 7 nitrogen and oxygen atoms in total. The van der Waals surface area contributed by atoms with Gasteiger partial charge in [-0.15, -0.1) is 0 Å². The van der Waals surface area contributed by atoms with Gasteiger partial charge in [0.15, 0.2) is 0 Å². The van der Waals surface area contributed by atoms with Crippen LogP contribution in [0.3, 0.4) is 0 Å². The van der Waals surface area contributed by atoms with E-state index in [0.717, 1.165) is 26.3 Å². The van der Waals surface area contributed by atoms with Gasteiger partial charge in [-0.1, -0.05) is 29.3 Å². The minimum absolute atomic E-state index is 0.0890. The first-order valence-electron chi connectivity index (χ1n) is 8.29. The van der Waals surface area contributed by atoms with Crippen LogP contribution in [0.15, 0.2) is 62.7 Å². The number of hydrazone groups is 1. The quantitative estimate of drug-likeness (QED) is 0.189. The lowest BCUT2D eigenvalue weighted by Gasteiger charge is -2.12. The van der Waals surface area contributed by atoms with Crippen molar-refractivity contribution in [1.82, 2.24) is 4.98 Å². The fraction of sp³-hybridized carbons (Fsp3) is 0.0526. The first-order chi connectivity index (χ1) is 14.3. The molecule has 0 saturated heterocycles. The second-order valence-corrected chi connectivity index (χ2v) is 8.40. The Bertz CT molecular complexity index is 1090. The van der Waals surface area contributed by atoms with E-state index < -0.39 is 4.92 Å². The average molecular weight is 575 g/mol. The molecule has 1 aromatic heterocycles. The SMILES string of the molecule is O=[N+]([O-])c1ccc(N/N=C/c2cc(Br)c(OCc3ccc(Cl)c(Cl)c3)c(Br)c2)nc1. The van der Waals surface area contributed by atoms with Crippen molar-refractivity contribution in [2.75, 3.05) is 5.43 Å². The Kier molecular flexibility index (Phi) is 7.65. The third-order valence-electron chi connectivity index (χ3n) is 3.74. The Morgan fingerprint density at radius 1 is 1.13 bits per heavy atom. The summed E-state index contributed by atoms with van der Waals surface area (Å²) in [6, 6.07) is 11.8. The van der Waals surface area contributed by atoms with Gasteiger partial charge >= 0.3 is 0 Å². The minimum Gasteiger partial charge on any atom is -0.487 e. The first kappa shape index (κ1) is 22.5. The van der Waals surface area contributed by atoms with Gasteiger partial charge in [0.2, 0.25) is 0 Å². The summed E-state index contributed by atoms with van der Waals surface area (Å²) >= 11 is 19.0. The number of anilines is 1. The van der Waals surface area contributed by atoms with Crippen LogP contribution in [-0.4, -0.2) is 16.1 Å². The molecule has 0 radical (unpaired) electrons. The van der Waals surface area contributed by atoms with E-state index in [4.69, 9.17) is 27.9 Å². The van der Waals surface area contributed by atoms with Gasteiger partial charge in [-0.25, -0.2) is 4.98 Å². The van der Waals surface area contributed by atoms with E-state index in [-0.39, 0.29) is 5.69 Å². The maximum Gasteiger partial charge on any atom is 0.287 e. The fourth-order valence-corrected chi connectivity index (χ4v) is 4.08. The number of benzene rings is 2. The van der Waals surface area contributed by atoms with Crippen LogP contribution in [-0.2, 0) is 6.61 Å². The topological polar surface area (TPSA) is 89.7 Å². The summed E-state index contributed by atoms with van der Waals surface area (Å²) in [5.74, 6) is 1.01. The summed E-state index contributed by atoms with van der Waals surface area (Å²) in [4.78, 5) is 14.1. The van der Waals surface area contributed by atoms with Crippen molar-refractivity contribution in [3.05, 3.63) is 88.9 Å². The number of hydrogen-bond donors (Lipinski definition) is 1. The van der Waals surface area contributed by atoms with Crippen molar-refractivity contribution in [2.24, 2.45) is 5.10 Å². The Morgan fingerprint density at radius 3 is 2.47 bits per heavy atom. The summed E-state index contributed by atoms with van der Waals surface area (Å²) in [7, 11) is 0. The Morgan fingerprint density at radius 2 is 1.87 bits per heavy atom. The van der Waals surface area contributed by atoms with Crippen LogP contribution in [0.4, 0.5) is 11.5 Å². The standard InChI is InChI=1S/C19H12Br2Cl2N4O3/c20-14-5-12(8-25-26-18-4-2-13(9-24-18)27(28)29)6-15(21)19(14)30-10-11-1-3-16(22)17(23)7-11/h1-9H,10H2,(H,24,26)/b25-8+. The molecule has 0 aliphatic rings. The van der Waals surface area contributed by atoms with Crippen molar-refractivity contribution in [1.29, 1.82) is 0 Å². The molecule has 1 heterocycles. The van der Waals surface area contributed by atoms with Gasteiger partial charge in [-0.05, 0) is 73.3 Å². The molecule has 154 valence electrons. The number of halogens is 4. The van der Waals surface area contributed by atoms with Crippen LogP contribution in [0.2, 0.25) is 10.0 Å². The van der Waals surface area contributed by atoms with Gasteiger partial charge in [0, 0.05) is 6.07 Å². The zero-order valence-electron chi connectivity index (χ0n) is 15.0. The third-order valence-corrected chi connectivity index (χ3v) is 5.66. The van der Waals surface area contributed by atoms with Crippen molar-refractivity contribution in [3.63, 3.8) is 0 Å². The van der Waals surface area contributed by atoms with E-state index >= 15 is 0 Å². The third kappa shape index (κ3) is 5.91. The molecule has 0 saturated carbocycles. The Hall–Kier alpha value is -2.20. The van der Waals surface area contributed by atoms with Crippen molar-refractivity contribution >= 4 is 72.8 Å². The highest BCUT2D eigenvalue weighted by Crippen LogP contribution is 2.35. The van der Waals surface area contributed by atoms with Gasteiger partial charge in [0.25, 0.3) is 5.69 Å². The summed E-state index contributed by atoms with van der Waals surface area (Å²) in [6.07, 6.45) is 2.74. The summed E-state index contributed by atoms with van der Waals surface area (Å²) in [6.45, 7) is 0.314. The Labute approximate surface area is 198 Å². The number of rotatable bonds is 7. The highest BCUT2D eigenvalue weighted by molar-refractivity contribution is 9.11. The summed E-state index contributed by atoms with van der Waals surface area (Å²) in [5.41, 5.74) is 4.30. The number of pyridine rings is 1. The van der Waals surface area contributed by atoms with Crippen LogP contribution in [0.1, 0.15) is 11.1 Å². The van der Waals surface area contributed by atoms with E-state index in [1.54, 1.807) is 18.3 Å². The molecule has 3 rings (SSSR count). The maximum absolute atomic E-state index is 10.6. The van der Waals surface area contributed by atoms with Crippen molar-refractivity contribution in [2.45, 2.75) is 6.61 Å². The molecule has 0 unspecified atom stereocenters. The Balaban J connectivity index is 1.65. The van der Waals surface area contributed by atoms with Gasteiger partial charge in [-0.2, -0.15) is 5.10 Å². The monoisotopic (exact) mass is 572 g/mol. The van der Waals surface area contributed by atoms with E-state index in [9.17, 15) is 10.1 Å². The number of aromatic nitrogens is 1. The lowest BCUT2D eigenvalue weighted by molar-refractivity contribution is -0.385. The molecule has 11 heteroatoms. The average Bonchev–Trinajstić information content (AvgIpc) is 2.70. The molecule has 0 amide bonds. The maximum atomic E-state index is 10.6. The highest BCUT2D eigenvalue weighted by Gasteiger charge is 2.10. The fourth-order valence-electron chi connectivity index (χ4n) is 2.31. The smallest absolute Gasteiger partial charge is 0.287 e. The predicted octanol–water partition coefficient (Wildman–Crippen LogP) is 6.85. The molecule has 0 aliphatic heterocycles. The van der Waals surface area contributed by atoms with Gasteiger partial charge in [0.1, 0.15) is 24.4 Å². The van der Waals surface area contributed by atoms with E-state index in [1.165, 1.54) is 12.1 Å². The predicted molar refractivity (Wildman–Crippen MR) is 125 cm³/mol. The number of nitrogens with zero attached hydrogens (tertiary/aromatic N) is 3. The normalized spacial score (nSPS) is 10.9. The lowest BCUT2D eigenvalue weighted by Crippen LogP contribution is -1.98. The molecule has 0 bridgehead atoms. The highest BCUT2D eigenvalue weighted by atomic mass is 79.9. The molecule has 2 aromatic carbocycles. The van der Waals surface area contributed by atoms with Crippen molar-refractivity contribution in [3.8, 4) is 5.75 Å². The van der Waals surface area contributed by atoms with Gasteiger partial charge in [0.05, 0.1) is 30.1 Å². The number of ether oxygens (including phenoxy) is 1. The van der Waals surface area contributed by atoms with Crippen LogP contribution in [0.5, 0.6) is 5.75 Å². The van der Waals surface area contributed by atoms with E-state index in [0.29, 0.717) is 28.2 Å². The van der Waals surface area contributed by atoms with E-state index in [1.807, 2.05) is 18.2 Å². The number of nitrogens with one attached hydrogen (secondary N) is 1. The molecule has 1 N–H and O–H groups in total. The number of nitro groups is 1. The molecule has 0 spiro atoms. The second kappa shape index (κ2) is 10.2. The van der Waals surface area contributed by atoms with Gasteiger partial charge < -0.3 is 4.74 Å². The minimum atomic E-state index is -0.514. The van der Waals surface area contributed by atoms with E-state index in [2.05, 4.69) is 47.4 Å². The molecular weight excluding hydrogens is 563 g/mol. The molecule has 0 atom stereocenters. The molecule has 3 aromatic rings. The second-order valence-electron chi connectivity index (χ2n) is 5.88. The molecular formula is C19H12Br2Cl2N4O3. The van der Waals surface area contributed by atoms with Crippen LogP contribution >= 0.6 is 55.1 Å². The molecule has 0 aliphatic carbocycles. The summed E-state index contributed by atoms with van der Waals surface area (Å²) in [5, 5.41) is 15.7. The largest absolute Gasteiger partial charge is 0.487 e. The lowest BCUT2D eigenvalue weighted by atomic mass is 10.2.